The Bertz CT molecular complexity index is 603. The predicted octanol–water partition coefficient (Wildman–Crippen LogP) is 4.99. The molecule has 1 fully saturated rings. The van der Waals surface area contributed by atoms with Crippen molar-refractivity contribution in [2.45, 2.75) is 38.5 Å². The Morgan fingerprint density at radius 3 is 2.71 bits per heavy atom. The molecule has 2 nitrogen and oxygen atoms in total. The molecule has 3 heteroatoms. The lowest BCUT2D eigenvalue weighted by atomic mass is 9.92. The summed E-state index contributed by atoms with van der Waals surface area (Å²) < 4.78 is 0. The molecule has 0 spiro atoms. The van der Waals surface area contributed by atoms with Crippen molar-refractivity contribution in [3.8, 4) is 0 Å². The molecule has 1 aliphatic heterocycles. The number of pyridine rings is 1. The topological polar surface area (TPSA) is 16.1 Å². The summed E-state index contributed by atoms with van der Waals surface area (Å²) in [7, 11) is 0. The lowest BCUT2D eigenvalue weighted by Crippen LogP contribution is -2.34. The van der Waals surface area contributed by atoms with Gasteiger partial charge in [-0.2, -0.15) is 0 Å². The second-order valence-corrected chi connectivity index (χ2v) is 6.28. The molecule has 0 saturated carbocycles. The number of alkyl halides is 1. The summed E-state index contributed by atoms with van der Waals surface area (Å²) in [6.07, 6.45) is 5.25. The number of anilines is 1. The minimum atomic E-state index is 0.544. The van der Waals surface area contributed by atoms with E-state index < -0.39 is 0 Å². The van der Waals surface area contributed by atoms with Crippen molar-refractivity contribution in [2.75, 3.05) is 18.0 Å². The lowest BCUT2D eigenvalue weighted by Gasteiger charge is -2.33. The molecule has 0 bridgehead atoms. The molecular formula is C18H23ClN2. The number of piperidine rings is 1. The normalized spacial score (nSPS) is 16.6. The van der Waals surface area contributed by atoms with Crippen LogP contribution in [0.5, 0.6) is 0 Å². The largest absolute Gasteiger partial charge is 0.357 e. The van der Waals surface area contributed by atoms with E-state index in [4.69, 9.17) is 16.6 Å². The van der Waals surface area contributed by atoms with Crippen LogP contribution in [0.3, 0.4) is 0 Å². The van der Waals surface area contributed by atoms with E-state index in [0.29, 0.717) is 5.88 Å². The second kappa shape index (κ2) is 6.65. The number of para-hydroxylation sites is 1. The van der Waals surface area contributed by atoms with Gasteiger partial charge in [-0.25, -0.2) is 4.98 Å². The van der Waals surface area contributed by atoms with Gasteiger partial charge in [0.05, 0.1) is 5.52 Å². The Hall–Kier alpha value is -1.28. The zero-order valence-corrected chi connectivity index (χ0v) is 13.4. The number of hydrogen-bond donors (Lipinski definition) is 0. The zero-order chi connectivity index (χ0) is 14.7. The molecule has 0 N–H and O–H groups in total. The highest BCUT2D eigenvalue weighted by molar-refractivity contribution is 6.18. The molecule has 0 amide bonds. The maximum absolute atomic E-state index is 6.13. The highest BCUT2D eigenvalue weighted by atomic mass is 35.5. The molecule has 0 radical (unpaired) electrons. The van der Waals surface area contributed by atoms with Crippen LogP contribution < -0.4 is 4.90 Å². The first-order valence-electron chi connectivity index (χ1n) is 8.01. The van der Waals surface area contributed by atoms with E-state index in [9.17, 15) is 0 Å². The summed E-state index contributed by atoms with van der Waals surface area (Å²) in [5, 5.41) is 1.18. The maximum atomic E-state index is 6.13. The third-order valence-electron chi connectivity index (χ3n) is 4.57. The molecule has 0 atom stereocenters. The Morgan fingerprint density at radius 1 is 1.24 bits per heavy atom. The van der Waals surface area contributed by atoms with Gasteiger partial charge in [-0.15, -0.1) is 11.6 Å². The highest BCUT2D eigenvalue weighted by Crippen LogP contribution is 2.28. The van der Waals surface area contributed by atoms with Gasteiger partial charge >= 0.3 is 0 Å². The van der Waals surface area contributed by atoms with Gasteiger partial charge in [-0.3, -0.25) is 0 Å². The molecule has 1 aromatic heterocycles. The fourth-order valence-corrected chi connectivity index (χ4v) is 3.58. The van der Waals surface area contributed by atoms with Crippen LogP contribution >= 0.6 is 11.6 Å². The summed E-state index contributed by atoms with van der Waals surface area (Å²) in [6.45, 7) is 4.53. The van der Waals surface area contributed by atoms with E-state index >= 15 is 0 Å². The smallest absolute Gasteiger partial charge is 0.129 e. The minimum absolute atomic E-state index is 0.544. The van der Waals surface area contributed by atoms with Gasteiger partial charge in [0, 0.05) is 24.4 Å². The van der Waals surface area contributed by atoms with Crippen molar-refractivity contribution < 1.29 is 0 Å². The van der Waals surface area contributed by atoms with E-state index in [1.807, 2.05) is 6.07 Å². The van der Waals surface area contributed by atoms with Crippen molar-refractivity contribution in [3.05, 3.63) is 35.9 Å². The number of fused-ring (bicyclic) bond motifs is 1. The second-order valence-electron chi connectivity index (χ2n) is 6.01. The van der Waals surface area contributed by atoms with Crippen LogP contribution in [0.15, 0.2) is 30.3 Å². The van der Waals surface area contributed by atoms with Crippen molar-refractivity contribution in [3.63, 3.8) is 0 Å². The van der Waals surface area contributed by atoms with Gasteiger partial charge in [0.25, 0.3) is 0 Å². The van der Waals surface area contributed by atoms with Crippen LogP contribution in [-0.4, -0.2) is 18.1 Å². The van der Waals surface area contributed by atoms with E-state index in [1.165, 1.54) is 36.6 Å². The van der Waals surface area contributed by atoms with E-state index in [1.54, 1.807) is 0 Å². The standard InChI is InChI=1S/C18H23ClN2/c1-2-5-14-8-10-21(11-9-14)18-12-15(13-19)16-6-3-4-7-17(16)20-18/h3-4,6-7,12,14H,2,5,8-11,13H2,1H3. The minimum Gasteiger partial charge on any atom is -0.357 e. The lowest BCUT2D eigenvalue weighted by molar-refractivity contribution is 0.377. The number of hydrogen-bond acceptors (Lipinski definition) is 2. The molecule has 1 aliphatic rings. The number of rotatable bonds is 4. The predicted molar refractivity (Wildman–Crippen MR) is 91.1 cm³/mol. The molecule has 0 unspecified atom stereocenters. The first kappa shape index (κ1) is 14.6. The summed E-state index contributed by atoms with van der Waals surface area (Å²) in [5.74, 6) is 2.54. The Balaban J connectivity index is 1.84. The third-order valence-corrected chi connectivity index (χ3v) is 4.86. The van der Waals surface area contributed by atoms with Crippen LogP contribution in [-0.2, 0) is 5.88 Å². The molecule has 3 rings (SSSR count). The first-order valence-corrected chi connectivity index (χ1v) is 8.55. The Morgan fingerprint density at radius 2 is 2.00 bits per heavy atom. The van der Waals surface area contributed by atoms with Crippen LogP contribution in [0.4, 0.5) is 5.82 Å². The van der Waals surface area contributed by atoms with E-state index in [0.717, 1.165) is 30.3 Å². The first-order chi connectivity index (χ1) is 10.3. The highest BCUT2D eigenvalue weighted by Gasteiger charge is 2.20. The van der Waals surface area contributed by atoms with Gasteiger partial charge in [-0.05, 0) is 36.5 Å². The number of halogens is 1. The van der Waals surface area contributed by atoms with E-state index in [2.05, 4.69) is 36.1 Å². The van der Waals surface area contributed by atoms with Crippen molar-refractivity contribution in [1.29, 1.82) is 0 Å². The van der Waals surface area contributed by atoms with Gasteiger partial charge in [0.2, 0.25) is 0 Å². The van der Waals surface area contributed by atoms with Gasteiger partial charge < -0.3 is 4.90 Å². The molecule has 112 valence electrons. The van der Waals surface area contributed by atoms with Crippen molar-refractivity contribution >= 4 is 28.3 Å². The molecule has 21 heavy (non-hydrogen) atoms. The van der Waals surface area contributed by atoms with E-state index in [-0.39, 0.29) is 0 Å². The number of aromatic nitrogens is 1. The number of nitrogens with zero attached hydrogens (tertiary/aromatic N) is 2. The summed E-state index contributed by atoms with van der Waals surface area (Å²) >= 11 is 6.13. The average Bonchev–Trinajstić information content (AvgIpc) is 2.55. The van der Waals surface area contributed by atoms with Gasteiger partial charge in [0.15, 0.2) is 0 Å². The Kier molecular flexibility index (Phi) is 4.64. The summed E-state index contributed by atoms with van der Waals surface area (Å²) in [6, 6.07) is 10.5. The average molecular weight is 303 g/mol. The van der Waals surface area contributed by atoms with Crippen molar-refractivity contribution in [1.82, 2.24) is 4.98 Å². The monoisotopic (exact) mass is 302 g/mol. The molecule has 1 saturated heterocycles. The molecule has 0 aliphatic carbocycles. The summed E-state index contributed by atoms with van der Waals surface area (Å²) in [5.41, 5.74) is 2.24. The number of benzene rings is 1. The molecule has 2 heterocycles. The molecular weight excluding hydrogens is 280 g/mol. The fraction of sp³-hybridized carbons (Fsp3) is 0.500. The fourth-order valence-electron chi connectivity index (χ4n) is 3.36. The van der Waals surface area contributed by atoms with Gasteiger partial charge in [0.1, 0.15) is 5.82 Å². The molecule has 2 aromatic rings. The molecule has 1 aromatic carbocycles. The zero-order valence-electron chi connectivity index (χ0n) is 12.7. The van der Waals surface area contributed by atoms with Crippen LogP contribution in [0.25, 0.3) is 10.9 Å². The van der Waals surface area contributed by atoms with Crippen molar-refractivity contribution in [2.24, 2.45) is 5.92 Å². The maximum Gasteiger partial charge on any atom is 0.129 e. The van der Waals surface area contributed by atoms with Gasteiger partial charge in [-0.1, -0.05) is 38.0 Å². The van der Waals surface area contributed by atoms with Crippen LogP contribution in [0.2, 0.25) is 0 Å². The Labute approximate surface area is 132 Å². The SMILES string of the molecule is CCCC1CCN(c2cc(CCl)c3ccccc3n2)CC1. The third kappa shape index (κ3) is 3.16. The quantitative estimate of drug-likeness (QED) is 0.740. The summed E-state index contributed by atoms with van der Waals surface area (Å²) in [4.78, 5) is 7.27. The van der Waals surface area contributed by atoms with Crippen LogP contribution in [0, 0.1) is 5.92 Å². The van der Waals surface area contributed by atoms with Crippen LogP contribution in [0.1, 0.15) is 38.2 Å².